The number of benzene rings is 2. The molecule has 1 N–H and O–H groups in total. The standard InChI is InChI=1S/C22H27F2NO3.ClH/c1-25-15-19(26)14-18(25)11-12-27-21-8-3-2-6-17(21)10-9-16-5-4-7-20(13-16)28-22(23)24;/h2-8,13,18-19,22,26H,9-12,14-15H2,1H3;1H/t18-,19-;/m1./s1. The average molecular weight is 428 g/mol. The van der Waals surface area contributed by atoms with Crippen LogP contribution in [-0.4, -0.2) is 49.0 Å². The molecule has 0 bridgehead atoms. The van der Waals surface area contributed by atoms with Gasteiger partial charge in [-0.3, -0.25) is 0 Å². The largest absolute Gasteiger partial charge is 0.493 e. The zero-order chi connectivity index (χ0) is 19.9. The van der Waals surface area contributed by atoms with Crippen LogP contribution in [0, 0.1) is 0 Å². The van der Waals surface area contributed by atoms with Crippen LogP contribution in [0.2, 0.25) is 0 Å². The Labute approximate surface area is 176 Å². The van der Waals surface area contributed by atoms with Crippen molar-refractivity contribution in [2.75, 3.05) is 20.2 Å². The number of nitrogens with zero attached hydrogens (tertiary/aromatic N) is 1. The van der Waals surface area contributed by atoms with Gasteiger partial charge in [-0.15, -0.1) is 12.4 Å². The lowest BCUT2D eigenvalue weighted by Gasteiger charge is -2.19. The minimum absolute atomic E-state index is 0. The predicted octanol–water partition coefficient (Wildman–Crippen LogP) is 4.33. The molecule has 7 heteroatoms. The zero-order valence-corrected chi connectivity index (χ0v) is 17.3. The highest BCUT2D eigenvalue weighted by Gasteiger charge is 2.27. The summed E-state index contributed by atoms with van der Waals surface area (Å²) in [5, 5.41) is 9.74. The third kappa shape index (κ3) is 7.14. The fourth-order valence-electron chi connectivity index (χ4n) is 3.70. The van der Waals surface area contributed by atoms with E-state index in [0.717, 1.165) is 42.7 Å². The Bertz CT molecular complexity index is 762. The molecule has 0 spiro atoms. The van der Waals surface area contributed by atoms with Gasteiger partial charge in [-0.25, -0.2) is 0 Å². The fraction of sp³-hybridized carbons (Fsp3) is 0.455. The summed E-state index contributed by atoms with van der Waals surface area (Å²) in [6.45, 7) is -1.50. The van der Waals surface area contributed by atoms with Crippen molar-refractivity contribution in [3.63, 3.8) is 0 Å². The van der Waals surface area contributed by atoms with Crippen LogP contribution in [0.5, 0.6) is 11.5 Å². The van der Waals surface area contributed by atoms with Crippen LogP contribution in [0.15, 0.2) is 48.5 Å². The number of para-hydroxylation sites is 1. The van der Waals surface area contributed by atoms with Gasteiger partial charge in [0.15, 0.2) is 0 Å². The van der Waals surface area contributed by atoms with E-state index in [1.54, 1.807) is 12.1 Å². The van der Waals surface area contributed by atoms with Crippen molar-refractivity contribution < 1.29 is 23.4 Å². The Morgan fingerprint density at radius 1 is 1.14 bits per heavy atom. The molecule has 4 nitrogen and oxygen atoms in total. The van der Waals surface area contributed by atoms with E-state index in [1.807, 2.05) is 37.4 Å². The first kappa shape index (κ1) is 23.4. The third-order valence-electron chi connectivity index (χ3n) is 5.15. The summed E-state index contributed by atoms with van der Waals surface area (Å²) in [5.41, 5.74) is 2.03. The van der Waals surface area contributed by atoms with Gasteiger partial charge in [0, 0.05) is 12.6 Å². The highest BCUT2D eigenvalue weighted by atomic mass is 35.5. The molecule has 0 aromatic heterocycles. The van der Waals surface area contributed by atoms with Crippen molar-refractivity contribution >= 4 is 12.4 Å². The number of rotatable bonds is 9. The minimum Gasteiger partial charge on any atom is -0.493 e. The van der Waals surface area contributed by atoms with E-state index in [2.05, 4.69) is 9.64 Å². The van der Waals surface area contributed by atoms with Gasteiger partial charge in [0.1, 0.15) is 11.5 Å². The monoisotopic (exact) mass is 427 g/mol. The molecular formula is C22H28ClF2NO3. The molecule has 1 heterocycles. The predicted molar refractivity (Wildman–Crippen MR) is 111 cm³/mol. The first-order valence-corrected chi connectivity index (χ1v) is 9.64. The molecule has 160 valence electrons. The Balaban J connectivity index is 0.00000300. The van der Waals surface area contributed by atoms with Gasteiger partial charge in [-0.05, 0) is 62.1 Å². The first-order chi connectivity index (χ1) is 13.5. The number of β-amino-alcohol motifs (C(OH)–C–C–N with tert-alkyl or cyclic N) is 1. The van der Waals surface area contributed by atoms with Crippen molar-refractivity contribution in [3.8, 4) is 11.5 Å². The van der Waals surface area contributed by atoms with Gasteiger partial charge in [0.25, 0.3) is 0 Å². The number of hydrogen-bond donors (Lipinski definition) is 1. The molecule has 0 radical (unpaired) electrons. The minimum atomic E-state index is -2.82. The van der Waals surface area contributed by atoms with E-state index in [9.17, 15) is 13.9 Å². The molecule has 0 aliphatic carbocycles. The number of likely N-dealkylation sites (tertiary alicyclic amines) is 1. The zero-order valence-electron chi connectivity index (χ0n) is 16.5. The molecule has 1 saturated heterocycles. The van der Waals surface area contributed by atoms with Gasteiger partial charge in [-0.1, -0.05) is 30.3 Å². The van der Waals surface area contributed by atoms with Crippen LogP contribution < -0.4 is 9.47 Å². The molecule has 1 aliphatic heterocycles. The second-order valence-electron chi connectivity index (χ2n) is 7.25. The topological polar surface area (TPSA) is 41.9 Å². The number of alkyl halides is 2. The van der Waals surface area contributed by atoms with E-state index in [1.165, 1.54) is 6.07 Å². The fourth-order valence-corrected chi connectivity index (χ4v) is 3.70. The summed E-state index contributed by atoms with van der Waals surface area (Å²) >= 11 is 0. The van der Waals surface area contributed by atoms with Gasteiger partial charge in [0.05, 0.1) is 12.7 Å². The third-order valence-corrected chi connectivity index (χ3v) is 5.15. The molecule has 1 aliphatic rings. The van der Waals surface area contributed by atoms with E-state index >= 15 is 0 Å². The van der Waals surface area contributed by atoms with E-state index in [0.29, 0.717) is 19.1 Å². The smallest absolute Gasteiger partial charge is 0.387 e. The van der Waals surface area contributed by atoms with Crippen LogP contribution in [-0.2, 0) is 12.8 Å². The SMILES string of the molecule is CN1C[C@H](O)C[C@H]1CCOc1ccccc1CCc1cccc(OC(F)F)c1.Cl. The Kier molecular flexibility index (Phi) is 9.14. The van der Waals surface area contributed by atoms with Gasteiger partial charge in [0.2, 0.25) is 0 Å². The van der Waals surface area contributed by atoms with Crippen molar-refractivity contribution in [2.24, 2.45) is 0 Å². The highest BCUT2D eigenvalue weighted by Crippen LogP contribution is 2.24. The Morgan fingerprint density at radius 2 is 1.93 bits per heavy atom. The van der Waals surface area contributed by atoms with E-state index in [4.69, 9.17) is 4.74 Å². The summed E-state index contributed by atoms with van der Waals surface area (Å²) in [5.74, 6) is 1.03. The van der Waals surface area contributed by atoms with E-state index in [-0.39, 0.29) is 24.3 Å². The molecule has 1 fully saturated rings. The number of halogens is 3. The number of aliphatic hydroxyl groups is 1. The summed E-state index contributed by atoms with van der Waals surface area (Å²) < 4.78 is 35.2. The van der Waals surface area contributed by atoms with Crippen molar-refractivity contribution in [1.82, 2.24) is 4.90 Å². The van der Waals surface area contributed by atoms with Gasteiger partial charge < -0.3 is 19.5 Å². The normalized spacial score (nSPS) is 19.2. The summed E-state index contributed by atoms with van der Waals surface area (Å²) in [7, 11) is 2.03. The van der Waals surface area contributed by atoms with Crippen LogP contribution in [0.1, 0.15) is 24.0 Å². The highest BCUT2D eigenvalue weighted by molar-refractivity contribution is 5.85. The number of ether oxygens (including phenoxy) is 2. The molecule has 29 heavy (non-hydrogen) atoms. The van der Waals surface area contributed by atoms with Gasteiger partial charge >= 0.3 is 6.61 Å². The number of aryl methyl sites for hydroxylation is 2. The van der Waals surface area contributed by atoms with E-state index < -0.39 is 6.61 Å². The summed E-state index contributed by atoms with van der Waals surface area (Å²) in [4.78, 5) is 2.17. The maximum absolute atomic E-state index is 12.4. The van der Waals surface area contributed by atoms with Crippen molar-refractivity contribution in [1.29, 1.82) is 0 Å². The average Bonchev–Trinajstić information content (AvgIpc) is 2.98. The van der Waals surface area contributed by atoms with Crippen LogP contribution in [0.25, 0.3) is 0 Å². The van der Waals surface area contributed by atoms with Crippen LogP contribution in [0.3, 0.4) is 0 Å². The summed E-state index contributed by atoms with van der Waals surface area (Å²) in [6.07, 6.45) is 2.87. The molecule has 2 aromatic carbocycles. The summed E-state index contributed by atoms with van der Waals surface area (Å²) in [6, 6.07) is 15.1. The Morgan fingerprint density at radius 3 is 2.66 bits per heavy atom. The van der Waals surface area contributed by atoms with Crippen molar-refractivity contribution in [2.45, 2.75) is 44.4 Å². The van der Waals surface area contributed by atoms with Crippen LogP contribution >= 0.6 is 12.4 Å². The molecule has 0 saturated carbocycles. The second kappa shape index (κ2) is 11.3. The molecule has 2 atom stereocenters. The molecular weight excluding hydrogens is 400 g/mol. The lowest BCUT2D eigenvalue weighted by molar-refractivity contribution is -0.0498. The first-order valence-electron chi connectivity index (χ1n) is 9.64. The lowest BCUT2D eigenvalue weighted by Crippen LogP contribution is -2.26. The number of aliphatic hydroxyl groups excluding tert-OH is 1. The maximum Gasteiger partial charge on any atom is 0.387 e. The lowest BCUT2D eigenvalue weighted by atomic mass is 10.0. The molecule has 0 unspecified atom stereocenters. The molecule has 0 amide bonds. The Hall–Kier alpha value is -1.89. The molecule has 3 rings (SSSR count). The van der Waals surface area contributed by atoms with Crippen LogP contribution in [0.4, 0.5) is 8.78 Å². The second-order valence-corrected chi connectivity index (χ2v) is 7.25. The quantitative estimate of drug-likeness (QED) is 0.646. The number of hydrogen-bond acceptors (Lipinski definition) is 4. The van der Waals surface area contributed by atoms with Gasteiger partial charge in [-0.2, -0.15) is 8.78 Å². The number of likely N-dealkylation sites (N-methyl/N-ethyl adjacent to an activating group) is 1. The molecule has 2 aromatic rings. The maximum atomic E-state index is 12.4. The van der Waals surface area contributed by atoms with Crippen molar-refractivity contribution in [3.05, 3.63) is 59.7 Å².